The zero-order valence-electron chi connectivity index (χ0n) is 22.2. The van der Waals surface area contributed by atoms with Crippen LogP contribution in [0, 0.1) is 5.92 Å². The summed E-state index contributed by atoms with van der Waals surface area (Å²) >= 11 is 0. The minimum Gasteiger partial charge on any atom is -0.507 e. The SMILES string of the molecule is CCCCC(CC)COC(=O)c1ccccc1O.CCCCCCCCOC(=O)c1ccccc1O. The van der Waals surface area contributed by atoms with Crippen molar-refractivity contribution in [2.24, 2.45) is 5.92 Å². The summed E-state index contributed by atoms with van der Waals surface area (Å²) in [6.45, 7) is 7.31. The van der Waals surface area contributed by atoms with Gasteiger partial charge in [-0.15, -0.1) is 0 Å². The van der Waals surface area contributed by atoms with E-state index < -0.39 is 11.9 Å². The quantitative estimate of drug-likeness (QED) is 0.192. The Morgan fingerprint density at radius 2 is 1.19 bits per heavy atom. The van der Waals surface area contributed by atoms with Gasteiger partial charge in [0.1, 0.15) is 22.6 Å². The van der Waals surface area contributed by atoms with Crippen LogP contribution < -0.4 is 0 Å². The number of hydrogen-bond donors (Lipinski definition) is 2. The highest BCUT2D eigenvalue weighted by Crippen LogP contribution is 2.19. The normalized spacial score (nSPS) is 11.2. The van der Waals surface area contributed by atoms with Crippen molar-refractivity contribution in [3.05, 3.63) is 59.7 Å². The molecule has 0 aliphatic heterocycles. The first-order valence-corrected chi connectivity index (χ1v) is 13.3. The number of aromatic hydroxyl groups is 2. The molecule has 0 saturated carbocycles. The molecule has 2 N–H and O–H groups in total. The zero-order chi connectivity index (χ0) is 26.6. The second-order valence-electron chi connectivity index (χ2n) is 8.95. The minimum absolute atomic E-state index is 0.0227. The Morgan fingerprint density at radius 3 is 1.72 bits per heavy atom. The lowest BCUT2D eigenvalue weighted by molar-refractivity contribution is 0.0423. The standard InChI is InChI=1S/2C15H22O3/c1-3-5-8-12(4-2)11-18-15(17)13-9-6-7-10-14(13)16;1-2-3-4-5-6-9-12-18-15(17)13-10-7-8-11-14(13)16/h6-7,9-10,12,16H,3-5,8,11H2,1-2H3;7-8,10-11,16H,2-6,9,12H2,1H3. The van der Waals surface area contributed by atoms with Gasteiger partial charge in [-0.05, 0) is 43.0 Å². The number of hydrogen-bond acceptors (Lipinski definition) is 6. The molecule has 2 aromatic carbocycles. The third kappa shape index (κ3) is 12.6. The van der Waals surface area contributed by atoms with Crippen LogP contribution >= 0.6 is 0 Å². The first-order chi connectivity index (χ1) is 17.4. The number of ether oxygens (including phenoxy) is 2. The van der Waals surface area contributed by atoms with E-state index in [4.69, 9.17) is 9.47 Å². The Balaban J connectivity index is 0.000000360. The molecule has 1 unspecified atom stereocenters. The van der Waals surface area contributed by atoms with E-state index >= 15 is 0 Å². The van der Waals surface area contributed by atoms with Gasteiger partial charge in [0.15, 0.2) is 0 Å². The fourth-order valence-corrected chi connectivity index (χ4v) is 3.59. The summed E-state index contributed by atoms with van der Waals surface area (Å²) in [5.41, 5.74) is 0.478. The van der Waals surface area contributed by atoms with Gasteiger partial charge in [-0.25, -0.2) is 9.59 Å². The first kappa shape index (κ1) is 31.0. The van der Waals surface area contributed by atoms with Crippen molar-refractivity contribution >= 4 is 11.9 Å². The van der Waals surface area contributed by atoms with Crippen LogP contribution in [0.3, 0.4) is 0 Å². The highest BCUT2D eigenvalue weighted by molar-refractivity contribution is 5.92. The maximum Gasteiger partial charge on any atom is 0.341 e. The van der Waals surface area contributed by atoms with Crippen molar-refractivity contribution in [2.75, 3.05) is 13.2 Å². The molecule has 0 spiro atoms. The number of carbonyl (C=O) groups excluding carboxylic acids is 2. The van der Waals surface area contributed by atoms with Gasteiger partial charge in [-0.2, -0.15) is 0 Å². The number of rotatable bonds is 15. The molecule has 200 valence electrons. The van der Waals surface area contributed by atoms with Gasteiger partial charge in [-0.3, -0.25) is 0 Å². The summed E-state index contributed by atoms with van der Waals surface area (Å²) in [5.74, 6) is -0.515. The summed E-state index contributed by atoms with van der Waals surface area (Å²) < 4.78 is 10.4. The van der Waals surface area contributed by atoms with Crippen molar-refractivity contribution in [2.45, 2.75) is 85.0 Å². The highest BCUT2D eigenvalue weighted by atomic mass is 16.5. The number of unbranched alkanes of at least 4 members (excludes halogenated alkanes) is 6. The van der Waals surface area contributed by atoms with E-state index in [1.54, 1.807) is 36.4 Å². The van der Waals surface area contributed by atoms with Crippen LogP contribution in [0.15, 0.2) is 48.5 Å². The molecule has 0 amide bonds. The number of para-hydroxylation sites is 2. The van der Waals surface area contributed by atoms with Crippen molar-refractivity contribution in [3.63, 3.8) is 0 Å². The lowest BCUT2D eigenvalue weighted by Crippen LogP contribution is -2.14. The summed E-state index contributed by atoms with van der Waals surface area (Å²) in [6.07, 6.45) is 11.4. The van der Waals surface area contributed by atoms with Crippen LogP contribution in [0.1, 0.15) is 106 Å². The zero-order valence-corrected chi connectivity index (χ0v) is 22.2. The molecular formula is C30H44O6. The monoisotopic (exact) mass is 500 g/mol. The molecule has 0 fully saturated rings. The summed E-state index contributed by atoms with van der Waals surface area (Å²) in [5, 5.41) is 19.0. The van der Waals surface area contributed by atoms with Gasteiger partial charge < -0.3 is 19.7 Å². The van der Waals surface area contributed by atoms with Crippen molar-refractivity contribution in [1.82, 2.24) is 0 Å². The van der Waals surface area contributed by atoms with Crippen LogP contribution in [-0.4, -0.2) is 35.4 Å². The molecule has 36 heavy (non-hydrogen) atoms. The van der Waals surface area contributed by atoms with Crippen molar-refractivity contribution in [3.8, 4) is 11.5 Å². The topological polar surface area (TPSA) is 93.1 Å². The smallest absolute Gasteiger partial charge is 0.341 e. The molecule has 0 aliphatic rings. The second kappa shape index (κ2) is 19.2. The fourth-order valence-electron chi connectivity index (χ4n) is 3.59. The van der Waals surface area contributed by atoms with Crippen LogP contribution in [-0.2, 0) is 9.47 Å². The van der Waals surface area contributed by atoms with Gasteiger partial charge in [0.05, 0.1) is 13.2 Å². The van der Waals surface area contributed by atoms with E-state index in [2.05, 4.69) is 20.8 Å². The van der Waals surface area contributed by atoms with Crippen LogP contribution in [0.25, 0.3) is 0 Å². The maximum atomic E-state index is 11.8. The van der Waals surface area contributed by atoms with Crippen LogP contribution in [0.2, 0.25) is 0 Å². The van der Waals surface area contributed by atoms with Gasteiger partial charge in [0, 0.05) is 0 Å². The van der Waals surface area contributed by atoms with Crippen molar-refractivity contribution < 1.29 is 29.3 Å². The molecule has 1 atom stereocenters. The molecule has 0 bridgehead atoms. The number of carbonyl (C=O) groups is 2. The number of esters is 2. The summed E-state index contributed by atoms with van der Waals surface area (Å²) in [6, 6.07) is 12.9. The number of phenolic OH excluding ortho intramolecular Hbond substituents is 2. The molecule has 0 radical (unpaired) electrons. The Bertz CT molecular complexity index is 879. The highest BCUT2D eigenvalue weighted by Gasteiger charge is 2.14. The predicted octanol–water partition coefficient (Wildman–Crippen LogP) is 7.67. The molecule has 2 rings (SSSR count). The molecule has 2 aromatic rings. The molecule has 0 aromatic heterocycles. The van der Waals surface area contributed by atoms with Gasteiger partial charge >= 0.3 is 11.9 Å². The van der Waals surface area contributed by atoms with E-state index in [0.29, 0.717) is 19.1 Å². The fraction of sp³-hybridized carbons (Fsp3) is 0.533. The summed E-state index contributed by atoms with van der Waals surface area (Å²) in [4.78, 5) is 23.4. The molecule has 0 heterocycles. The molecule has 6 nitrogen and oxygen atoms in total. The molecular weight excluding hydrogens is 456 g/mol. The Labute approximate surface area is 216 Å². The molecule has 6 heteroatoms. The molecule has 0 saturated heterocycles. The van der Waals surface area contributed by atoms with E-state index in [1.807, 2.05) is 0 Å². The largest absolute Gasteiger partial charge is 0.507 e. The Morgan fingerprint density at radius 1 is 0.694 bits per heavy atom. The van der Waals surface area contributed by atoms with Crippen molar-refractivity contribution in [1.29, 1.82) is 0 Å². The van der Waals surface area contributed by atoms with E-state index in [9.17, 15) is 19.8 Å². The second-order valence-corrected chi connectivity index (χ2v) is 8.95. The number of phenols is 2. The van der Waals surface area contributed by atoms with Crippen LogP contribution in [0.5, 0.6) is 11.5 Å². The Kier molecular flexibility index (Phi) is 16.5. The van der Waals surface area contributed by atoms with Gasteiger partial charge in [0.25, 0.3) is 0 Å². The van der Waals surface area contributed by atoms with E-state index in [0.717, 1.165) is 38.5 Å². The summed E-state index contributed by atoms with van der Waals surface area (Å²) in [7, 11) is 0. The lowest BCUT2D eigenvalue weighted by Gasteiger charge is -2.14. The Hall–Kier alpha value is -3.02. The average molecular weight is 501 g/mol. The average Bonchev–Trinajstić information content (AvgIpc) is 2.89. The third-order valence-electron chi connectivity index (χ3n) is 5.97. The van der Waals surface area contributed by atoms with Gasteiger partial charge in [-0.1, -0.05) is 96.4 Å². The van der Waals surface area contributed by atoms with Gasteiger partial charge in [0.2, 0.25) is 0 Å². The van der Waals surface area contributed by atoms with Crippen LogP contribution in [0.4, 0.5) is 0 Å². The van der Waals surface area contributed by atoms with E-state index in [1.165, 1.54) is 37.8 Å². The van der Waals surface area contributed by atoms with E-state index in [-0.39, 0.29) is 22.6 Å². The maximum absolute atomic E-state index is 11.8. The third-order valence-corrected chi connectivity index (χ3v) is 5.97. The minimum atomic E-state index is -0.443. The predicted molar refractivity (Wildman–Crippen MR) is 143 cm³/mol. The lowest BCUT2D eigenvalue weighted by atomic mass is 10.0. The first-order valence-electron chi connectivity index (χ1n) is 13.3. The number of benzene rings is 2. The molecule has 0 aliphatic carbocycles.